The van der Waals surface area contributed by atoms with E-state index < -0.39 is 52.3 Å². The first kappa shape index (κ1) is 21.7. The Morgan fingerprint density at radius 1 is 1.04 bits per heavy atom. The molecule has 0 amide bonds. The Morgan fingerprint density at radius 2 is 1.67 bits per heavy atom. The molecule has 0 saturated carbocycles. The van der Waals surface area contributed by atoms with E-state index in [1.807, 2.05) is 0 Å². The highest BCUT2D eigenvalue weighted by Crippen LogP contribution is 2.49. The van der Waals surface area contributed by atoms with E-state index in [-0.39, 0.29) is 6.61 Å². The first-order valence-corrected chi connectivity index (χ1v) is 11.0. The van der Waals surface area contributed by atoms with Crippen LogP contribution in [0, 0.1) is 5.92 Å². The summed E-state index contributed by atoms with van der Waals surface area (Å²) in [6, 6.07) is 0. The van der Waals surface area contributed by atoms with E-state index in [1.165, 1.54) is 37.4 Å². The maximum Gasteiger partial charge on any atom is 0.396 e. The quantitative estimate of drug-likeness (QED) is 0.675. The van der Waals surface area contributed by atoms with Crippen molar-refractivity contribution in [3.05, 3.63) is 0 Å². The molecule has 0 bridgehead atoms. The highest BCUT2D eigenvalue weighted by Gasteiger charge is 2.60. The molecule has 0 aromatic heterocycles. The lowest BCUT2D eigenvalue weighted by Crippen LogP contribution is -2.50. The van der Waals surface area contributed by atoms with Crippen molar-refractivity contribution < 1.29 is 36.9 Å². The van der Waals surface area contributed by atoms with Crippen LogP contribution in [0.3, 0.4) is 0 Å². The van der Waals surface area contributed by atoms with E-state index in [2.05, 4.69) is 0 Å². The number of halogens is 3. The highest BCUT2D eigenvalue weighted by atomic mass is 32.2. The van der Waals surface area contributed by atoms with E-state index in [0.29, 0.717) is 11.5 Å². The first-order chi connectivity index (χ1) is 12.4. The highest BCUT2D eigenvalue weighted by molar-refractivity contribution is 8.17. The molecule has 3 saturated heterocycles. The Balaban J connectivity index is 1.86. The summed E-state index contributed by atoms with van der Waals surface area (Å²) in [7, 11) is 0. The van der Waals surface area contributed by atoms with Crippen molar-refractivity contribution in [2.45, 2.75) is 74.8 Å². The first-order valence-electron chi connectivity index (χ1n) is 8.91. The molecule has 3 fully saturated rings. The van der Waals surface area contributed by atoms with Crippen LogP contribution in [0.4, 0.5) is 13.2 Å². The Kier molecular flexibility index (Phi) is 6.17. The summed E-state index contributed by atoms with van der Waals surface area (Å²) >= 11 is 2.54. The molecule has 0 N–H and O–H groups in total. The average molecular weight is 431 g/mol. The second-order valence-corrected chi connectivity index (χ2v) is 10.6. The fraction of sp³-hybridized carbons (Fsp3) is 0.941. The predicted octanol–water partition coefficient (Wildman–Crippen LogP) is 3.60. The van der Waals surface area contributed by atoms with Gasteiger partial charge in [0.05, 0.1) is 11.2 Å². The van der Waals surface area contributed by atoms with Crippen LogP contribution >= 0.6 is 23.5 Å². The number of carbonyl (C=O) groups is 1. The minimum Gasteiger partial charge on any atom is -0.347 e. The molecule has 27 heavy (non-hydrogen) atoms. The zero-order chi connectivity index (χ0) is 20.0. The van der Waals surface area contributed by atoms with Crippen molar-refractivity contribution in [3.8, 4) is 0 Å². The minimum absolute atomic E-state index is 0.0115. The van der Waals surface area contributed by atoms with E-state index >= 15 is 0 Å². The van der Waals surface area contributed by atoms with Crippen LogP contribution in [0.2, 0.25) is 0 Å². The lowest BCUT2D eigenvalue weighted by atomic mass is 9.94. The molecule has 3 aliphatic heterocycles. The summed E-state index contributed by atoms with van der Waals surface area (Å²) in [5.41, 5.74) is 0. The molecule has 0 aromatic carbocycles. The monoisotopic (exact) mass is 430 g/mol. The van der Waals surface area contributed by atoms with Crippen molar-refractivity contribution in [3.63, 3.8) is 0 Å². The number of rotatable bonds is 4. The SMILES string of the molecule is CC1(C)OC[C@H](C(=O)[C@@H]2OC(C)(C)O[C@@H]2[C@H](C2SCCCS2)C(F)(F)F)O1. The van der Waals surface area contributed by atoms with Crippen molar-refractivity contribution in [1.82, 2.24) is 0 Å². The lowest BCUT2D eigenvalue weighted by molar-refractivity contribution is -0.211. The fourth-order valence-electron chi connectivity index (χ4n) is 3.49. The number of hydrogen-bond donors (Lipinski definition) is 0. The van der Waals surface area contributed by atoms with Gasteiger partial charge in [-0.2, -0.15) is 13.2 Å². The van der Waals surface area contributed by atoms with Gasteiger partial charge in [0.15, 0.2) is 17.4 Å². The Morgan fingerprint density at radius 3 is 2.19 bits per heavy atom. The lowest BCUT2D eigenvalue weighted by Gasteiger charge is -2.35. The Bertz CT molecular complexity index is 563. The molecule has 0 aromatic rings. The molecule has 0 spiro atoms. The smallest absolute Gasteiger partial charge is 0.347 e. The van der Waals surface area contributed by atoms with Gasteiger partial charge in [0.2, 0.25) is 0 Å². The molecule has 3 rings (SSSR count). The number of carbonyl (C=O) groups excluding carboxylic acids is 1. The van der Waals surface area contributed by atoms with Gasteiger partial charge in [0, 0.05) is 0 Å². The summed E-state index contributed by atoms with van der Waals surface area (Å²) < 4.78 is 63.6. The van der Waals surface area contributed by atoms with Crippen molar-refractivity contribution in [1.29, 1.82) is 0 Å². The van der Waals surface area contributed by atoms with Gasteiger partial charge in [-0.15, -0.1) is 23.5 Å². The summed E-state index contributed by atoms with van der Waals surface area (Å²) in [5, 5.41) is 0. The molecule has 4 atom stereocenters. The van der Waals surface area contributed by atoms with Crippen molar-refractivity contribution in [2.75, 3.05) is 18.1 Å². The average Bonchev–Trinajstić information content (AvgIpc) is 3.05. The number of thioether (sulfide) groups is 2. The van der Waals surface area contributed by atoms with E-state index in [9.17, 15) is 18.0 Å². The number of alkyl halides is 3. The second-order valence-electron chi connectivity index (χ2n) is 7.77. The zero-order valence-corrected chi connectivity index (χ0v) is 17.3. The van der Waals surface area contributed by atoms with Crippen molar-refractivity contribution >= 4 is 29.3 Å². The fourth-order valence-corrected chi connectivity index (χ4v) is 6.76. The maximum absolute atomic E-state index is 14.0. The number of Topliss-reactive ketones (excluding diaryl/α,β-unsaturated/α-hetero) is 1. The third-order valence-electron chi connectivity index (χ3n) is 4.61. The largest absolute Gasteiger partial charge is 0.396 e. The van der Waals surface area contributed by atoms with Gasteiger partial charge < -0.3 is 18.9 Å². The van der Waals surface area contributed by atoms with E-state index in [4.69, 9.17) is 18.9 Å². The molecule has 0 unspecified atom stereocenters. The van der Waals surface area contributed by atoms with Crippen LogP contribution in [0.1, 0.15) is 34.1 Å². The van der Waals surface area contributed by atoms with Crippen LogP contribution < -0.4 is 0 Å². The number of hydrogen-bond acceptors (Lipinski definition) is 7. The van der Waals surface area contributed by atoms with Gasteiger partial charge >= 0.3 is 6.18 Å². The van der Waals surface area contributed by atoms with Crippen LogP contribution in [-0.2, 0) is 23.7 Å². The van der Waals surface area contributed by atoms with Gasteiger partial charge in [-0.25, -0.2) is 0 Å². The Labute approximate surface area is 165 Å². The summed E-state index contributed by atoms with van der Waals surface area (Å²) in [6.07, 6.45) is -7.37. The van der Waals surface area contributed by atoms with Gasteiger partial charge in [0.1, 0.15) is 24.2 Å². The minimum atomic E-state index is -4.51. The van der Waals surface area contributed by atoms with Crippen LogP contribution in [0.25, 0.3) is 0 Å². The predicted molar refractivity (Wildman–Crippen MR) is 96.6 cm³/mol. The van der Waals surface area contributed by atoms with Gasteiger partial charge in [-0.05, 0) is 45.6 Å². The molecule has 0 aliphatic carbocycles. The third kappa shape index (κ3) is 4.95. The van der Waals surface area contributed by atoms with Gasteiger partial charge in [-0.3, -0.25) is 4.79 Å². The molecule has 0 radical (unpaired) electrons. The number of ether oxygens (including phenoxy) is 4. The summed E-state index contributed by atoms with van der Waals surface area (Å²) in [5.74, 6) is -3.28. The molecule has 3 heterocycles. The third-order valence-corrected chi connectivity index (χ3v) is 7.72. The maximum atomic E-state index is 14.0. The standard InChI is InChI=1S/C17H25F3O5S2/c1-15(2)22-8-9(23-15)11(21)13-12(24-16(3,4)25-13)10(17(18,19)20)14-26-6-5-7-27-14/h9-10,12-14H,5-8H2,1-4H3/t9-,10-,12-,13+/m1/s1. The molecule has 3 aliphatic rings. The molecular formula is C17H25F3O5S2. The zero-order valence-electron chi connectivity index (χ0n) is 15.7. The van der Waals surface area contributed by atoms with E-state index in [0.717, 1.165) is 6.42 Å². The van der Waals surface area contributed by atoms with E-state index in [1.54, 1.807) is 13.8 Å². The molecule has 156 valence electrons. The molecule has 10 heteroatoms. The van der Waals surface area contributed by atoms with Crippen LogP contribution in [0.15, 0.2) is 0 Å². The Hall–Kier alpha value is -0.0000000000000000208. The van der Waals surface area contributed by atoms with Crippen LogP contribution in [-0.4, -0.2) is 64.5 Å². The summed E-state index contributed by atoms with van der Waals surface area (Å²) in [4.78, 5) is 13.0. The van der Waals surface area contributed by atoms with Gasteiger partial charge in [-0.1, -0.05) is 0 Å². The number of ketones is 1. The van der Waals surface area contributed by atoms with Gasteiger partial charge in [0.25, 0.3) is 0 Å². The topological polar surface area (TPSA) is 54.0 Å². The normalized spacial score (nSPS) is 35.3. The summed E-state index contributed by atoms with van der Waals surface area (Å²) in [6.45, 7) is 6.35. The second kappa shape index (κ2) is 7.68. The molecular weight excluding hydrogens is 405 g/mol. The molecule has 5 nitrogen and oxygen atoms in total. The van der Waals surface area contributed by atoms with Crippen LogP contribution in [0.5, 0.6) is 0 Å². The van der Waals surface area contributed by atoms with Crippen molar-refractivity contribution in [2.24, 2.45) is 5.92 Å².